The van der Waals surface area contributed by atoms with Crippen LogP contribution in [0.4, 0.5) is 5.69 Å². The van der Waals surface area contributed by atoms with Gasteiger partial charge < -0.3 is 5.32 Å². The van der Waals surface area contributed by atoms with Crippen molar-refractivity contribution in [3.8, 4) is 6.07 Å². The number of anilines is 1. The van der Waals surface area contributed by atoms with Crippen molar-refractivity contribution in [1.82, 2.24) is 9.80 Å². The van der Waals surface area contributed by atoms with Gasteiger partial charge in [-0.3, -0.25) is 14.6 Å². The van der Waals surface area contributed by atoms with E-state index in [0.717, 1.165) is 44.0 Å². The summed E-state index contributed by atoms with van der Waals surface area (Å²) in [6.45, 7) is 12.8. The van der Waals surface area contributed by atoms with E-state index in [1.807, 2.05) is 44.2 Å². The third kappa shape index (κ3) is 5.27. The number of aryl methyl sites for hydroxylation is 1. The van der Waals surface area contributed by atoms with Crippen molar-refractivity contribution in [2.24, 2.45) is 0 Å². The maximum atomic E-state index is 13.0. The second-order valence-electron chi connectivity index (χ2n) is 8.48. The van der Waals surface area contributed by atoms with Gasteiger partial charge in [-0.15, -0.1) is 0 Å². The highest BCUT2D eigenvalue weighted by Crippen LogP contribution is 2.27. The fourth-order valence-electron chi connectivity index (χ4n) is 3.99. The van der Waals surface area contributed by atoms with E-state index in [9.17, 15) is 4.79 Å². The van der Waals surface area contributed by atoms with E-state index in [1.54, 1.807) is 0 Å². The van der Waals surface area contributed by atoms with Crippen molar-refractivity contribution < 1.29 is 4.79 Å². The average molecular weight is 405 g/mol. The van der Waals surface area contributed by atoms with Gasteiger partial charge in [-0.05, 0) is 48.6 Å². The lowest BCUT2D eigenvalue weighted by molar-refractivity contribution is -0.121. The van der Waals surface area contributed by atoms with Gasteiger partial charge >= 0.3 is 0 Å². The van der Waals surface area contributed by atoms with Crippen molar-refractivity contribution in [2.45, 2.75) is 46.2 Å². The van der Waals surface area contributed by atoms with Crippen LogP contribution in [0, 0.1) is 18.3 Å². The molecule has 0 unspecified atom stereocenters. The number of nitrogens with one attached hydrogen (secondary N) is 1. The number of benzene rings is 2. The summed E-state index contributed by atoms with van der Waals surface area (Å²) in [5.41, 5.74) is 5.16. The Morgan fingerprint density at radius 1 is 1.07 bits per heavy atom. The molecule has 0 spiro atoms. The van der Waals surface area contributed by atoms with Crippen LogP contribution in [0.5, 0.6) is 0 Å². The molecule has 5 nitrogen and oxygen atoms in total. The molecule has 30 heavy (non-hydrogen) atoms. The van der Waals surface area contributed by atoms with Crippen LogP contribution in [-0.4, -0.2) is 47.9 Å². The molecule has 1 amide bonds. The Kier molecular flexibility index (Phi) is 7.25. The molecule has 3 rings (SSSR count). The van der Waals surface area contributed by atoms with E-state index in [0.29, 0.717) is 11.5 Å². The second-order valence-corrected chi connectivity index (χ2v) is 8.48. The first-order valence-electron chi connectivity index (χ1n) is 10.7. The summed E-state index contributed by atoms with van der Waals surface area (Å²) in [6.07, 6.45) is 0. The van der Waals surface area contributed by atoms with Crippen LogP contribution in [0.3, 0.4) is 0 Å². The van der Waals surface area contributed by atoms with Crippen LogP contribution in [0.25, 0.3) is 0 Å². The summed E-state index contributed by atoms with van der Waals surface area (Å²) in [4.78, 5) is 17.6. The average Bonchev–Trinajstić information content (AvgIpc) is 2.75. The summed E-state index contributed by atoms with van der Waals surface area (Å²) in [7, 11) is 0. The van der Waals surface area contributed by atoms with Gasteiger partial charge in [0.15, 0.2) is 0 Å². The highest BCUT2D eigenvalue weighted by molar-refractivity contribution is 5.96. The van der Waals surface area contributed by atoms with E-state index in [-0.39, 0.29) is 11.9 Å². The topological polar surface area (TPSA) is 59.4 Å². The summed E-state index contributed by atoms with van der Waals surface area (Å²) in [5, 5.41) is 12.1. The third-order valence-electron chi connectivity index (χ3n) is 6.00. The smallest absolute Gasteiger partial charge is 0.241 e. The van der Waals surface area contributed by atoms with Crippen LogP contribution in [0.15, 0.2) is 42.5 Å². The molecule has 1 atom stereocenters. The molecule has 0 radical (unpaired) electrons. The molecule has 0 aliphatic carbocycles. The summed E-state index contributed by atoms with van der Waals surface area (Å²) < 4.78 is 0. The summed E-state index contributed by atoms with van der Waals surface area (Å²) >= 11 is 0. The standard InChI is InChI=1S/C25H32N4O/c1-18(2)23-7-5-6-19(3)24(23)27-25(30)20(4)29-14-12-28(13-15-29)17-22-10-8-21(16-26)9-11-22/h5-11,18,20H,12-15,17H2,1-4H3,(H,27,30)/t20-/m0/s1. The molecule has 0 aromatic heterocycles. The SMILES string of the molecule is Cc1cccc(C(C)C)c1NC(=O)[C@H](C)N1CCN(Cc2ccc(C#N)cc2)CC1. The van der Waals surface area contributed by atoms with Crippen molar-refractivity contribution in [3.63, 3.8) is 0 Å². The molecule has 5 heteroatoms. The number of carbonyl (C=O) groups is 1. The fourth-order valence-corrected chi connectivity index (χ4v) is 3.99. The van der Waals surface area contributed by atoms with E-state index < -0.39 is 0 Å². The monoisotopic (exact) mass is 404 g/mol. The molecule has 2 aromatic rings. The number of hydrogen-bond acceptors (Lipinski definition) is 4. The first kappa shape index (κ1) is 22.0. The fraction of sp³-hybridized carbons (Fsp3) is 0.440. The molecule has 2 aromatic carbocycles. The minimum absolute atomic E-state index is 0.0618. The third-order valence-corrected chi connectivity index (χ3v) is 6.00. The molecular weight excluding hydrogens is 372 g/mol. The minimum Gasteiger partial charge on any atom is -0.324 e. The highest BCUT2D eigenvalue weighted by atomic mass is 16.2. The Hall–Kier alpha value is -2.68. The first-order chi connectivity index (χ1) is 14.4. The number of amides is 1. The van der Waals surface area contributed by atoms with Gasteiger partial charge in [-0.1, -0.05) is 44.2 Å². The van der Waals surface area contributed by atoms with Crippen LogP contribution < -0.4 is 5.32 Å². The van der Waals surface area contributed by atoms with Gasteiger partial charge in [-0.25, -0.2) is 0 Å². The number of nitrogens with zero attached hydrogens (tertiary/aromatic N) is 3. The number of hydrogen-bond donors (Lipinski definition) is 1. The van der Waals surface area contributed by atoms with E-state index in [2.05, 4.69) is 47.2 Å². The molecule has 1 fully saturated rings. The lowest BCUT2D eigenvalue weighted by atomic mass is 9.98. The normalized spacial score (nSPS) is 16.3. The lowest BCUT2D eigenvalue weighted by Crippen LogP contribution is -2.52. The number of carbonyl (C=O) groups excluding carboxylic acids is 1. The second kappa shape index (κ2) is 9.88. The number of nitriles is 1. The van der Waals surface area contributed by atoms with Crippen LogP contribution in [0.2, 0.25) is 0 Å². The Labute approximate surface area is 180 Å². The van der Waals surface area contributed by atoms with Gasteiger partial charge in [0.1, 0.15) is 0 Å². The van der Waals surface area contributed by atoms with Crippen LogP contribution >= 0.6 is 0 Å². The molecule has 158 valence electrons. The first-order valence-corrected chi connectivity index (χ1v) is 10.7. The largest absolute Gasteiger partial charge is 0.324 e. The van der Waals surface area contributed by atoms with Gasteiger partial charge in [-0.2, -0.15) is 5.26 Å². The van der Waals surface area contributed by atoms with Crippen molar-refractivity contribution in [2.75, 3.05) is 31.5 Å². The quantitative estimate of drug-likeness (QED) is 0.786. The molecule has 1 aliphatic rings. The maximum Gasteiger partial charge on any atom is 0.241 e. The van der Waals surface area contributed by atoms with Crippen LogP contribution in [-0.2, 0) is 11.3 Å². The Bertz CT molecular complexity index is 906. The highest BCUT2D eigenvalue weighted by Gasteiger charge is 2.26. The van der Waals surface area contributed by atoms with Crippen LogP contribution in [0.1, 0.15) is 48.9 Å². The van der Waals surface area contributed by atoms with Crippen molar-refractivity contribution in [3.05, 3.63) is 64.7 Å². The molecule has 1 saturated heterocycles. The van der Waals surface area contributed by atoms with E-state index >= 15 is 0 Å². The zero-order valence-corrected chi connectivity index (χ0v) is 18.5. The summed E-state index contributed by atoms with van der Waals surface area (Å²) in [5.74, 6) is 0.424. The lowest BCUT2D eigenvalue weighted by Gasteiger charge is -2.37. The molecule has 1 N–H and O–H groups in total. The maximum absolute atomic E-state index is 13.0. The van der Waals surface area contributed by atoms with E-state index in [4.69, 9.17) is 5.26 Å². The Morgan fingerprint density at radius 3 is 2.33 bits per heavy atom. The molecule has 1 heterocycles. The Morgan fingerprint density at radius 2 is 1.73 bits per heavy atom. The van der Waals surface area contributed by atoms with Gasteiger partial charge in [0, 0.05) is 38.4 Å². The van der Waals surface area contributed by atoms with Gasteiger partial charge in [0.2, 0.25) is 5.91 Å². The molecular formula is C25H32N4O. The molecule has 0 bridgehead atoms. The summed E-state index contributed by atoms with van der Waals surface area (Å²) in [6, 6.07) is 16.0. The zero-order valence-electron chi connectivity index (χ0n) is 18.5. The zero-order chi connectivity index (χ0) is 21.7. The van der Waals surface area contributed by atoms with Gasteiger partial charge in [0.05, 0.1) is 17.7 Å². The number of para-hydroxylation sites is 1. The van der Waals surface area contributed by atoms with E-state index in [1.165, 1.54) is 11.1 Å². The number of piperazine rings is 1. The predicted molar refractivity (Wildman–Crippen MR) is 121 cm³/mol. The minimum atomic E-state index is -0.165. The van der Waals surface area contributed by atoms with Crippen molar-refractivity contribution in [1.29, 1.82) is 5.26 Å². The number of rotatable bonds is 6. The van der Waals surface area contributed by atoms with Crippen molar-refractivity contribution >= 4 is 11.6 Å². The molecule has 0 saturated carbocycles. The predicted octanol–water partition coefficient (Wildman–Crippen LogP) is 4.13. The van der Waals surface area contributed by atoms with Gasteiger partial charge in [0.25, 0.3) is 0 Å². The molecule has 1 aliphatic heterocycles. The Balaban J connectivity index is 1.55.